The molecule has 0 saturated carbocycles. The van der Waals surface area contributed by atoms with E-state index in [9.17, 15) is 9.59 Å². The molecule has 2 atom stereocenters. The van der Waals surface area contributed by atoms with E-state index in [0.717, 1.165) is 6.42 Å². The molecule has 0 aliphatic carbocycles. The van der Waals surface area contributed by atoms with Crippen molar-refractivity contribution in [2.75, 3.05) is 6.54 Å². The average molecular weight is 242 g/mol. The first kappa shape index (κ1) is 15.6. The standard InChI is InChI=1S/C12H22N2O3/c1-5-7-12(4,11(16)17)14-9(3)10(15)13-8-6-2/h6,9,14H,2,5,7-8H2,1,3-4H3,(H,13,15)(H,16,17). The fourth-order valence-electron chi connectivity index (χ4n) is 1.61. The molecule has 0 bridgehead atoms. The first-order valence-electron chi connectivity index (χ1n) is 5.77. The van der Waals surface area contributed by atoms with Gasteiger partial charge in [-0.2, -0.15) is 0 Å². The van der Waals surface area contributed by atoms with Gasteiger partial charge in [0.25, 0.3) is 0 Å². The summed E-state index contributed by atoms with van der Waals surface area (Å²) in [7, 11) is 0. The van der Waals surface area contributed by atoms with E-state index in [0.29, 0.717) is 13.0 Å². The minimum absolute atomic E-state index is 0.228. The fraction of sp³-hybridized carbons (Fsp3) is 0.667. The Balaban J connectivity index is 4.49. The van der Waals surface area contributed by atoms with E-state index in [1.54, 1.807) is 19.9 Å². The van der Waals surface area contributed by atoms with Gasteiger partial charge in [0.2, 0.25) is 5.91 Å². The van der Waals surface area contributed by atoms with E-state index < -0.39 is 17.6 Å². The van der Waals surface area contributed by atoms with Gasteiger partial charge in [-0.15, -0.1) is 6.58 Å². The van der Waals surface area contributed by atoms with Crippen LogP contribution in [0.15, 0.2) is 12.7 Å². The van der Waals surface area contributed by atoms with Gasteiger partial charge in [-0.05, 0) is 20.3 Å². The largest absolute Gasteiger partial charge is 0.480 e. The Kier molecular flexibility index (Phi) is 6.50. The Morgan fingerprint density at radius 3 is 2.53 bits per heavy atom. The van der Waals surface area contributed by atoms with Gasteiger partial charge < -0.3 is 10.4 Å². The molecule has 0 aromatic carbocycles. The van der Waals surface area contributed by atoms with Crippen LogP contribution in [-0.4, -0.2) is 35.1 Å². The lowest BCUT2D eigenvalue weighted by molar-refractivity contribution is -0.145. The summed E-state index contributed by atoms with van der Waals surface area (Å²) in [6, 6.07) is -0.553. The van der Waals surface area contributed by atoms with Gasteiger partial charge in [-0.25, -0.2) is 0 Å². The monoisotopic (exact) mass is 242 g/mol. The van der Waals surface area contributed by atoms with Crippen molar-refractivity contribution >= 4 is 11.9 Å². The molecule has 0 aliphatic heterocycles. The number of nitrogens with one attached hydrogen (secondary N) is 2. The van der Waals surface area contributed by atoms with E-state index >= 15 is 0 Å². The third-order valence-electron chi connectivity index (χ3n) is 2.57. The first-order valence-corrected chi connectivity index (χ1v) is 5.77. The van der Waals surface area contributed by atoms with Crippen LogP contribution >= 0.6 is 0 Å². The second-order valence-corrected chi connectivity index (χ2v) is 4.29. The van der Waals surface area contributed by atoms with Gasteiger partial charge >= 0.3 is 5.97 Å². The SMILES string of the molecule is C=CCNC(=O)C(C)NC(C)(CCC)C(=O)O. The highest BCUT2D eigenvalue weighted by molar-refractivity contribution is 5.84. The predicted molar refractivity (Wildman–Crippen MR) is 66.8 cm³/mol. The Hall–Kier alpha value is -1.36. The number of carboxylic acid groups (broad SMARTS) is 1. The molecule has 0 aliphatic rings. The quantitative estimate of drug-likeness (QED) is 0.553. The zero-order valence-corrected chi connectivity index (χ0v) is 10.7. The fourth-order valence-corrected chi connectivity index (χ4v) is 1.61. The van der Waals surface area contributed by atoms with Crippen molar-refractivity contribution in [3.8, 4) is 0 Å². The molecule has 0 rings (SSSR count). The number of hydrogen-bond acceptors (Lipinski definition) is 3. The number of hydrogen-bond donors (Lipinski definition) is 3. The Morgan fingerprint density at radius 1 is 1.53 bits per heavy atom. The Bertz CT molecular complexity index is 291. The molecule has 0 saturated heterocycles. The lowest BCUT2D eigenvalue weighted by atomic mass is 9.95. The van der Waals surface area contributed by atoms with Crippen LogP contribution in [0.4, 0.5) is 0 Å². The molecule has 0 radical (unpaired) electrons. The number of rotatable bonds is 8. The summed E-state index contributed by atoms with van der Waals surface area (Å²) in [6.45, 7) is 9.02. The van der Waals surface area contributed by atoms with Crippen molar-refractivity contribution in [3.05, 3.63) is 12.7 Å². The second kappa shape index (κ2) is 7.06. The van der Waals surface area contributed by atoms with Crippen molar-refractivity contribution in [2.24, 2.45) is 0 Å². The number of amides is 1. The highest BCUT2D eigenvalue weighted by Crippen LogP contribution is 2.13. The summed E-state index contributed by atoms with van der Waals surface area (Å²) in [4.78, 5) is 22.8. The summed E-state index contributed by atoms with van der Waals surface area (Å²) >= 11 is 0. The minimum Gasteiger partial charge on any atom is -0.480 e. The van der Waals surface area contributed by atoms with Crippen LogP contribution in [0.5, 0.6) is 0 Å². The molecule has 5 heteroatoms. The summed E-state index contributed by atoms with van der Waals surface area (Å²) in [5.74, 6) is -1.17. The van der Waals surface area contributed by atoms with Gasteiger partial charge in [0, 0.05) is 6.54 Å². The van der Waals surface area contributed by atoms with Crippen LogP contribution in [0.1, 0.15) is 33.6 Å². The highest BCUT2D eigenvalue weighted by atomic mass is 16.4. The summed E-state index contributed by atoms with van der Waals surface area (Å²) < 4.78 is 0. The van der Waals surface area contributed by atoms with Gasteiger partial charge in [-0.3, -0.25) is 14.9 Å². The van der Waals surface area contributed by atoms with Crippen molar-refractivity contribution in [2.45, 2.75) is 45.2 Å². The van der Waals surface area contributed by atoms with Crippen LogP contribution in [0.3, 0.4) is 0 Å². The topological polar surface area (TPSA) is 78.4 Å². The summed E-state index contributed by atoms with van der Waals surface area (Å²) in [6.07, 6.45) is 2.78. The molecule has 5 nitrogen and oxygen atoms in total. The van der Waals surface area contributed by atoms with Gasteiger partial charge in [0.1, 0.15) is 5.54 Å². The maximum Gasteiger partial charge on any atom is 0.323 e. The molecule has 98 valence electrons. The molecular formula is C12H22N2O3. The lowest BCUT2D eigenvalue weighted by Gasteiger charge is -2.29. The predicted octanol–water partition coefficient (Wildman–Crippen LogP) is 0.910. The van der Waals surface area contributed by atoms with Crippen LogP contribution in [0.2, 0.25) is 0 Å². The molecule has 0 aromatic rings. The van der Waals surface area contributed by atoms with E-state index in [4.69, 9.17) is 5.11 Å². The number of aliphatic carboxylic acids is 1. The van der Waals surface area contributed by atoms with Gasteiger partial charge in [-0.1, -0.05) is 19.4 Å². The molecule has 0 aromatic heterocycles. The summed E-state index contributed by atoms with van der Waals surface area (Å²) in [5, 5.41) is 14.6. The van der Waals surface area contributed by atoms with Crippen LogP contribution in [-0.2, 0) is 9.59 Å². The minimum atomic E-state index is -1.07. The number of carbonyl (C=O) groups excluding carboxylic acids is 1. The number of carbonyl (C=O) groups is 2. The Labute approximate surface area is 102 Å². The van der Waals surface area contributed by atoms with Crippen LogP contribution in [0.25, 0.3) is 0 Å². The molecule has 0 fully saturated rings. The zero-order valence-electron chi connectivity index (χ0n) is 10.7. The third-order valence-corrected chi connectivity index (χ3v) is 2.57. The van der Waals surface area contributed by atoms with Crippen LogP contribution in [0, 0.1) is 0 Å². The van der Waals surface area contributed by atoms with E-state index in [1.165, 1.54) is 0 Å². The molecule has 2 unspecified atom stereocenters. The first-order chi connectivity index (χ1) is 7.87. The normalized spacial score (nSPS) is 15.7. The molecule has 0 spiro atoms. The molecule has 17 heavy (non-hydrogen) atoms. The molecular weight excluding hydrogens is 220 g/mol. The number of carboxylic acids is 1. The van der Waals surface area contributed by atoms with Crippen molar-refractivity contribution < 1.29 is 14.7 Å². The van der Waals surface area contributed by atoms with Crippen molar-refractivity contribution in [1.29, 1.82) is 0 Å². The smallest absolute Gasteiger partial charge is 0.323 e. The second-order valence-electron chi connectivity index (χ2n) is 4.29. The van der Waals surface area contributed by atoms with Gasteiger partial charge in [0.15, 0.2) is 0 Å². The maximum atomic E-state index is 11.6. The summed E-state index contributed by atoms with van der Waals surface area (Å²) in [5.41, 5.74) is -1.07. The molecule has 3 N–H and O–H groups in total. The highest BCUT2D eigenvalue weighted by Gasteiger charge is 2.34. The van der Waals surface area contributed by atoms with Crippen molar-refractivity contribution in [1.82, 2.24) is 10.6 Å². The van der Waals surface area contributed by atoms with Gasteiger partial charge in [0.05, 0.1) is 6.04 Å². The van der Waals surface area contributed by atoms with E-state index in [2.05, 4.69) is 17.2 Å². The molecule has 1 amide bonds. The average Bonchev–Trinajstić information content (AvgIpc) is 2.25. The van der Waals surface area contributed by atoms with Crippen LogP contribution < -0.4 is 10.6 Å². The zero-order chi connectivity index (χ0) is 13.5. The van der Waals surface area contributed by atoms with E-state index in [-0.39, 0.29) is 5.91 Å². The maximum absolute atomic E-state index is 11.6. The Morgan fingerprint density at radius 2 is 2.12 bits per heavy atom. The van der Waals surface area contributed by atoms with Crippen molar-refractivity contribution in [3.63, 3.8) is 0 Å². The van der Waals surface area contributed by atoms with E-state index in [1.807, 2.05) is 6.92 Å². The molecule has 0 heterocycles. The third kappa shape index (κ3) is 4.99. The lowest BCUT2D eigenvalue weighted by Crippen LogP contribution is -2.57.